The molecule has 94 valence electrons. The molecule has 0 saturated heterocycles. The van der Waals surface area contributed by atoms with Crippen LogP contribution in [0.25, 0.3) is 0 Å². The average molecular weight is 245 g/mol. The zero-order valence-corrected chi connectivity index (χ0v) is 10.6. The highest BCUT2D eigenvalue weighted by molar-refractivity contribution is 6.05. The van der Waals surface area contributed by atoms with Gasteiger partial charge in [-0.3, -0.25) is 14.7 Å². The van der Waals surface area contributed by atoms with Gasteiger partial charge in [0.25, 0.3) is 5.91 Å². The number of anilines is 1. The molecule has 2 rings (SSSR count). The lowest BCUT2D eigenvalue weighted by molar-refractivity contribution is 0.0979. The number of aromatic amines is 1. The normalized spacial score (nSPS) is 10.7. The maximum Gasteiger partial charge on any atom is 0.261 e. The predicted molar refractivity (Wildman–Crippen MR) is 67.3 cm³/mol. The molecule has 1 amide bonds. The number of aryl methyl sites for hydroxylation is 1. The van der Waals surface area contributed by atoms with E-state index in [1.165, 1.54) is 6.20 Å². The summed E-state index contributed by atoms with van der Waals surface area (Å²) in [6.45, 7) is 5.73. The molecule has 1 N–H and O–H groups in total. The van der Waals surface area contributed by atoms with Crippen LogP contribution in [0.5, 0.6) is 0 Å². The van der Waals surface area contributed by atoms with E-state index in [1.54, 1.807) is 17.2 Å². The van der Waals surface area contributed by atoms with Gasteiger partial charge in [-0.05, 0) is 32.9 Å². The molecule has 0 fully saturated rings. The van der Waals surface area contributed by atoms with Crippen molar-refractivity contribution in [2.24, 2.45) is 0 Å². The molecule has 0 aliphatic rings. The lowest BCUT2D eigenvalue weighted by Crippen LogP contribution is -2.37. The second kappa shape index (κ2) is 4.95. The van der Waals surface area contributed by atoms with Crippen LogP contribution in [-0.4, -0.2) is 32.3 Å². The Morgan fingerprint density at radius 2 is 2.11 bits per heavy atom. The van der Waals surface area contributed by atoms with E-state index in [4.69, 9.17) is 0 Å². The molecule has 18 heavy (non-hydrogen) atoms. The van der Waals surface area contributed by atoms with E-state index in [2.05, 4.69) is 20.4 Å². The first-order valence-corrected chi connectivity index (χ1v) is 5.71. The first-order valence-electron chi connectivity index (χ1n) is 5.71. The van der Waals surface area contributed by atoms with Gasteiger partial charge in [0.15, 0.2) is 5.82 Å². The fraction of sp³-hybridized carbons (Fsp3) is 0.333. The Hall–Kier alpha value is -2.24. The highest BCUT2D eigenvalue weighted by Gasteiger charge is 2.22. The number of carbonyl (C=O) groups is 1. The molecule has 6 nitrogen and oxygen atoms in total. The third-order valence-corrected chi connectivity index (χ3v) is 2.54. The van der Waals surface area contributed by atoms with Gasteiger partial charge in [0.1, 0.15) is 0 Å². The highest BCUT2D eigenvalue weighted by Crippen LogP contribution is 2.15. The minimum Gasteiger partial charge on any atom is -0.287 e. The number of carbonyl (C=O) groups excluding carboxylic acids is 1. The van der Waals surface area contributed by atoms with Crippen molar-refractivity contribution < 1.29 is 4.79 Å². The van der Waals surface area contributed by atoms with Crippen LogP contribution in [-0.2, 0) is 0 Å². The second-order valence-electron chi connectivity index (χ2n) is 4.29. The van der Waals surface area contributed by atoms with Gasteiger partial charge in [0, 0.05) is 17.9 Å². The minimum absolute atomic E-state index is 0.0103. The number of amides is 1. The summed E-state index contributed by atoms with van der Waals surface area (Å²) in [5.41, 5.74) is 1.42. The number of nitrogens with one attached hydrogen (secondary N) is 1. The van der Waals surface area contributed by atoms with Gasteiger partial charge < -0.3 is 0 Å². The molecule has 0 aliphatic carbocycles. The Bertz CT molecular complexity index is 518. The van der Waals surface area contributed by atoms with E-state index < -0.39 is 0 Å². The quantitative estimate of drug-likeness (QED) is 0.890. The molecule has 2 aromatic rings. The van der Waals surface area contributed by atoms with Crippen molar-refractivity contribution in [2.45, 2.75) is 26.8 Å². The maximum atomic E-state index is 12.4. The Labute approximate surface area is 105 Å². The zero-order valence-electron chi connectivity index (χ0n) is 10.6. The maximum absolute atomic E-state index is 12.4. The van der Waals surface area contributed by atoms with Crippen LogP contribution in [0.4, 0.5) is 5.82 Å². The smallest absolute Gasteiger partial charge is 0.261 e. The van der Waals surface area contributed by atoms with Gasteiger partial charge in [-0.1, -0.05) is 0 Å². The Balaban J connectivity index is 2.32. The van der Waals surface area contributed by atoms with Crippen molar-refractivity contribution in [3.8, 4) is 0 Å². The third-order valence-electron chi connectivity index (χ3n) is 2.54. The molecule has 0 atom stereocenters. The van der Waals surface area contributed by atoms with Crippen LogP contribution in [0.1, 0.15) is 29.9 Å². The summed E-state index contributed by atoms with van der Waals surface area (Å²) in [5, 5.41) is 10.2. The van der Waals surface area contributed by atoms with Gasteiger partial charge >= 0.3 is 0 Å². The summed E-state index contributed by atoms with van der Waals surface area (Å²) < 4.78 is 0. The van der Waals surface area contributed by atoms with Crippen LogP contribution in [0, 0.1) is 6.92 Å². The lowest BCUT2D eigenvalue weighted by Gasteiger charge is -2.23. The second-order valence-corrected chi connectivity index (χ2v) is 4.29. The monoisotopic (exact) mass is 245 g/mol. The molecule has 6 heteroatoms. The van der Waals surface area contributed by atoms with Crippen molar-refractivity contribution >= 4 is 11.7 Å². The first-order chi connectivity index (χ1) is 8.59. The van der Waals surface area contributed by atoms with E-state index in [1.807, 2.05) is 26.8 Å². The molecule has 0 aromatic carbocycles. The van der Waals surface area contributed by atoms with Crippen LogP contribution >= 0.6 is 0 Å². The number of aromatic nitrogens is 4. The summed E-state index contributed by atoms with van der Waals surface area (Å²) in [4.78, 5) is 18.1. The van der Waals surface area contributed by atoms with Crippen molar-refractivity contribution in [3.63, 3.8) is 0 Å². The van der Waals surface area contributed by atoms with Crippen molar-refractivity contribution in [3.05, 3.63) is 35.8 Å². The third kappa shape index (κ3) is 2.37. The molecule has 0 saturated carbocycles. The summed E-state index contributed by atoms with van der Waals surface area (Å²) in [6, 6.07) is 3.57. The fourth-order valence-corrected chi connectivity index (χ4v) is 1.65. The SMILES string of the molecule is Cc1ccc(C(=O)N(c2cn[nH]n2)C(C)C)cn1. The number of H-pyrrole nitrogens is 1. The molecule has 2 heterocycles. The molecule has 0 radical (unpaired) electrons. The molecule has 2 aromatic heterocycles. The lowest BCUT2D eigenvalue weighted by atomic mass is 10.2. The van der Waals surface area contributed by atoms with Crippen LogP contribution in [0.15, 0.2) is 24.5 Å². The molecular weight excluding hydrogens is 230 g/mol. The Kier molecular flexibility index (Phi) is 3.36. The Morgan fingerprint density at radius 1 is 1.33 bits per heavy atom. The summed E-state index contributed by atoms with van der Waals surface area (Å²) >= 11 is 0. The molecule has 0 bridgehead atoms. The highest BCUT2D eigenvalue weighted by atomic mass is 16.2. The zero-order chi connectivity index (χ0) is 13.1. The average Bonchev–Trinajstić information content (AvgIpc) is 2.83. The summed E-state index contributed by atoms with van der Waals surface area (Å²) in [7, 11) is 0. The van der Waals surface area contributed by atoms with Crippen molar-refractivity contribution in [1.29, 1.82) is 0 Å². The largest absolute Gasteiger partial charge is 0.287 e. The predicted octanol–water partition coefficient (Wildman–Crippen LogP) is 1.56. The standard InChI is InChI=1S/C12H15N5O/c1-8(2)17(11-7-14-16-15-11)12(18)10-5-4-9(3)13-6-10/h4-8H,1-3H3,(H,14,15,16). The Morgan fingerprint density at radius 3 is 2.61 bits per heavy atom. The number of nitrogens with zero attached hydrogens (tertiary/aromatic N) is 4. The number of hydrogen-bond donors (Lipinski definition) is 1. The molecule has 0 aliphatic heterocycles. The van der Waals surface area contributed by atoms with Crippen molar-refractivity contribution in [1.82, 2.24) is 20.4 Å². The topological polar surface area (TPSA) is 74.8 Å². The van der Waals surface area contributed by atoms with Crippen LogP contribution in [0.2, 0.25) is 0 Å². The van der Waals surface area contributed by atoms with E-state index >= 15 is 0 Å². The van der Waals surface area contributed by atoms with Gasteiger partial charge in [-0.15, -0.1) is 5.10 Å². The van der Waals surface area contributed by atoms with Gasteiger partial charge in [-0.2, -0.15) is 10.3 Å². The van der Waals surface area contributed by atoms with Gasteiger partial charge in [0.2, 0.25) is 0 Å². The van der Waals surface area contributed by atoms with Crippen molar-refractivity contribution in [2.75, 3.05) is 4.90 Å². The van der Waals surface area contributed by atoms with E-state index in [-0.39, 0.29) is 11.9 Å². The number of rotatable bonds is 3. The van der Waals surface area contributed by atoms with E-state index in [9.17, 15) is 4.79 Å². The van der Waals surface area contributed by atoms with Crippen LogP contribution in [0.3, 0.4) is 0 Å². The molecule has 0 unspecified atom stereocenters. The van der Waals surface area contributed by atoms with Crippen LogP contribution < -0.4 is 4.90 Å². The minimum atomic E-state index is -0.133. The first kappa shape index (κ1) is 12.2. The van der Waals surface area contributed by atoms with Gasteiger partial charge in [-0.25, -0.2) is 0 Å². The number of pyridine rings is 1. The summed E-state index contributed by atoms with van der Waals surface area (Å²) in [6.07, 6.45) is 3.10. The molecular formula is C12H15N5O. The summed E-state index contributed by atoms with van der Waals surface area (Å²) in [5.74, 6) is 0.377. The molecule has 0 spiro atoms. The van der Waals surface area contributed by atoms with Gasteiger partial charge in [0.05, 0.1) is 11.8 Å². The fourth-order valence-electron chi connectivity index (χ4n) is 1.65. The van der Waals surface area contributed by atoms with E-state index in [0.29, 0.717) is 11.4 Å². The number of hydrogen-bond acceptors (Lipinski definition) is 4. The van der Waals surface area contributed by atoms with E-state index in [0.717, 1.165) is 5.69 Å².